The maximum Gasteiger partial charge on any atom is 0.166 e. The Morgan fingerprint density at radius 1 is 1.05 bits per heavy atom. The summed E-state index contributed by atoms with van der Waals surface area (Å²) in [6.07, 6.45) is 0.856. The van der Waals surface area contributed by atoms with Gasteiger partial charge in [0.1, 0.15) is 12.4 Å². The lowest BCUT2D eigenvalue weighted by molar-refractivity contribution is 0.204. The minimum Gasteiger partial charge on any atom is -0.380 e. The second-order valence-corrected chi connectivity index (χ2v) is 5.67. The standard InChI is InChI=1S/C16H14BrN3O/c17-14-8-6-13(7-9-14)15(21)16-19-18-11-20(16)10-12-4-2-1-3-5-12/h1-9,11,15,21H,10H2. The van der Waals surface area contributed by atoms with Gasteiger partial charge in [0.15, 0.2) is 5.82 Å². The van der Waals surface area contributed by atoms with E-state index in [9.17, 15) is 5.11 Å². The van der Waals surface area contributed by atoms with Crippen molar-refractivity contribution in [2.24, 2.45) is 0 Å². The number of halogens is 1. The van der Waals surface area contributed by atoms with Crippen molar-refractivity contribution in [3.05, 3.63) is 82.3 Å². The van der Waals surface area contributed by atoms with Crippen LogP contribution in [0.1, 0.15) is 23.1 Å². The van der Waals surface area contributed by atoms with Crippen LogP contribution in [-0.4, -0.2) is 19.9 Å². The third kappa shape index (κ3) is 3.20. The van der Waals surface area contributed by atoms with Crippen LogP contribution in [0.25, 0.3) is 0 Å². The largest absolute Gasteiger partial charge is 0.380 e. The SMILES string of the molecule is OC(c1ccc(Br)cc1)c1nncn1Cc1ccccc1. The molecule has 0 spiro atoms. The first-order valence-corrected chi connectivity index (χ1v) is 7.38. The fourth-order valence-corrected chi connectivity index (χ4v) is 2.44. The van der Waals surface area contributed by atoms with Crippen molar-refractivity contribution in [1.29, 1.82) is 0 Å². The molecule has 0 saturated carbocycles. The van der Waals surface area contributed by atoms with E-state index in [0.717, 1.165) is 15.6 Å². The maximum atomic E-state index is 10.5. The highest BCUT2D eigenvalue weighted by Gasteiger charge is 2.17. The molecule has 0 aliphatic carbocycles. The van der Waals surface area contributed by atoms with Gasteiger partial charge < -0.3 is 9.67 Å². The maximum absolute atomic E-state index is 10.5. The Morgan fingerprint density at radius 3 is 2.48 bits per heavy atom. The zero-order chi connectivity index (χ0) is 14.7. The summed E-state index contributed by atoms with van der Waals surface area (Å²) in [6, 6.07) is 17.6. The van der Waals surface area contributed by atoms with Gasteiger partial charge in [-0.25, -0.2) is 0 Å². The third-order valence-corrected chi connectivity index (χ3v) is 3.80. The Bertz CT molecular complexity index is 710. The van der Waals surface area contributed by atoms with Crippen molar-refractivity contribution < 1.29 is 5.11 Å². The minimum atomic E-state index is -0.788. The van der Waals surface area contributed by atoms with Crippen molar-refractivity contribution >= 4 is 15.9 Å². The van der Waals surface area contributed by atoms with Crippen molar-refractivity contribution in [2.45, 2.75) is 12.6 Å². The molecule has 0 amide bonds. The number of hydrogen-bond donors (Lipinski definition) is 1. The van der Waals surface area contributed by atoms with Gasteiger partial charge in [0.25, 0.3) is 0 Å². The summed E-state index contributed by atoms with van der Waals surface area (Å²) < 4.78 is 2.84. The van der Waals surface area contributed by atoms with Gasteiger partial charge in [0, 0.05) is 4.47 Å². The van der Waals surface area contributed by atoms with Crippen LogP contribution in [-0.2, 0) is 6.54 Å². The van der Waals surface area contributed by atoms with Crippen molar-refractivity contribution in [1.82, 2.24) is 14.8 Å². The Hall–Kier alpha value is -1.98. The van der Waals surface area contributed by atoms with Gasteiger partial charge in [-0.05, 0) is 23.3 Å². The Kier molecular flexibility index (Phi) is 4.13. The van der Waals surface area contributed by atoms with Gasteiger partial charge in [-0.3, -0.25) is 0 Å². The summed E-state index contributed by atoms with van der Waals surface area (Å²) in [5.41, 5.74) is 1.93. The molecule has 1 N–H and O–H groups in total. The highest BCUT2D eigenvalue weighted by Crippen LogP contribution is 2.22. The van der Waals surface area contributed by atoms with E-state index in [0.29, 0.717) is 12.4 Å². The van der Waals surface area contributed by atoms with E-state index in [2.05, 4.69) is 26.1 Å². The van der Waals surface area contributed by atoms with Gasteiger partial charge in [-0.15, -0.1) is 10.2 Å². The number of rotatable bonds is 4. The fourth-order valence-electron chi connectivity index (χ4n) is 2.17. The van der Waals surface area contributed by atoms with E-state index in [-0.39, 0.29) is 0 Å². The van der Waals surface area contributed by atoms with Crippen molar-refractivity contribution in [3.63, 3.8) is 0 Å². The molecule has 4 nitrogen and oxygen atoms in total. The number of benzene rings is 2. The third-order valence-electron chi connectivity index (χ3n) is 3.27. The molecule has 1 atom stereocenters. The van der Waals surface area contributed by atoms with Crippen molar-refractivity contribution in [3.8, 4) is 0 Å². The van der Waals surface area contributed by atoms with E-state index in [4.69, 9.17) is 0 Å². The minimum absolute atomic E-state index is 0.543. The van der Waals surface area contributed by atoms with Crippen LogP contribution >= 0.6 is 15.9 Å². The molecule has 0 fully saturated rings. The van der Waals surface area contributed by atoms with Crippen LogP contribution in [0.15, 0.2) is 65.4 Å². The average molecular weight is 344 g/mol. The Balaban J connectivity index is 1.86. The molecule has 3 aromatic rings. The van der Waals surface area contributed by atoms with Crippen LogP contribution in [0.5, 0.6) is 0 Å². The van der Waals surface area contributed by atoms with Crippen molar-refractivity contribution in [2.75, 3.05) is 0 Å². The first-order chi connectivity index (χ1) is 10.2. The lowest BCUT2D eigenvalue weighted by Gasteiger charge is -2.12. The quantitative estimate of drug-likeness (QED) is 0.791. The van der Waals surface area contributed by atoms with Crippen LogP contribution in [0.4, 0.5) is 0 Å². The molecule has 1 aromatic heterocycles. The van der Waals surface area contributed by atoms with E-state index < -0.39 is 6.10 Å². The first-order valence-electron chi connectivity index (χ1n) is 6.59. The molecule has 0 aliphatic heterocycles. The lowest BCUT2D eigenvalue weighted by atomic mass is 10.1. The topological polar surface area (TPSA) is 50.9 Å². The summed E-state index contributed by atoms with van der Waals surface area (Å²) >= 11 is 3.39. The second kappa shape index (κ2) is 6.20. The summed E-state index contributed by atoms with van der Waals surface area (Å²) in [5.74, 6) is 0.543. The predicted octanol–water partition coefficient (Wildman–Crippen LogP) is 3.17. The highest BCUT2D eigenvalue weighted by atomic mass is 79.9. The second-order valence-electron chi connectivity index (χ2n) is 4.76. The van der Waals surface area contributed by atoms with E-state index in [1.165, 1.54) is 0 Å². The van der Waals surface area contributed by atoms with Gasteiger partial charge in [-0.2, -0.15) is 0 Å². The van der Waals surface area contributed by atoms with Gasteiger partial charge in [0.05, 0.1) is 6.54 Å². The van der Waals surface area contributed by atoms with Gasteiger partial charge in [0.2, 0.25) is 0 Å². The van der Waals surface area contributed by atoms with Gasteiger partial charge in [-0.1, -0.05) is 58.4 Å². The Labute approximate surface area is 131 Å². The highest BCUT2D eigenvalue weighted by molar-refractivity contribution is 9.10. The molecule has 106 valence electrons. The molecule has 2 aromatic carbocycles. The summed E-state index contributed by atoms with van der Waals surface area (Å²) in [6.45, 7) is 0.636. The number of hydrogen-bond acceptors (Lipinski definition) is 3. The normalized spacial score (nSPS) is 12.3. The van der Waals surface area contributed by atoms with Crippen LogP contribution < -0.4 is 0 Å². The smallest absolute Gasteiger partial charge is 0.166 e. The molecule has 0 radical (unpaired) electrons. The summed E-state index contributed by atoms with van der Waals surface area (Å²) in [7, 11) is 0. The van der Waals surface area contributed by atoms with Crippen LogP contribution in [0.2, 0.25) is 0 Å². The fraction of sp³-hybridized carbons (Fsp3) is 0.125. The number of aromatic nitrogens is 3. The zero-order valence-electron chi connectivity index (χ0n) is 11.2. The molecule has 0 aliphatic rings. The molecular formula is C16H14BrN3O. The van der Waals surface area contributed by atoms with E-state index in [1.807, 2.05) is 59.2 Å². The lowest BCUT2D eigenvalue weighted by Crippen LogP contribution is -2.10. The number of aliphatic hydroxyl groups excluding tert-OH is 1. The van der Waals surface area contributed by atoms with E-state index in [1.54, 1.807) is 6.33 Å². The number of aliphatic hydroxyl groups is 1. The summed E-state index contributed by atoms with van der Waals surface area (Å²) in [5, 5.41) is 18.5. The average Bonchev–Trinajstić information content (AvgIpc) is 2.96. The van der Waals surface area contributed by atoms with E-state index >= 15 is 0 Å². The molecule has 3 rings (SSSR count). The summed E-state index contributed by atoms with van der Waals surface area (Å²) in [4.78, 5) is 0. The predicted molar refractivity (Wildman–Crippen MR) is 83.8 cm³/mol. The van der Waals surface area contributed by atoms with Crippen LogP contribution in [0, 0.1) is 0 Å². The zero-order valence-corrected chi connectivity index (χ0v) is 12.8. The molecule has 1 unspecified atom stereocenters. The van der Waals surface area contributed by atoms with Crippen LogP contribution in [0.3, 0.4) is 0 Å². The molecule has 1 heterocycles. The molecular weight excluding hydrogens is 330 g/mol. The molecule has 21 heavy (non-hydrogen) atoms. The van der Waals surface area contributed by atoms with Gasteiger partial charge >= 0.3 is 0 Å². The number of nitrogens with zero attached hydrogens (tertiary/aromatic N) is 3. The molecule has 5 heteroatoms. The molecule has 0 saturated heterocycles. The Morgan fingerprint density at radius 2 is 1.76 bits per heavy atom. The first kappa shape index (κ1) is 14.0. The molecule has 0 bridgehead atoms. The monoisotopic (exact) mass is 343 g/mol.